The molecular weight excluding hydrogens is 290 g/mol. The molecule has 21 heavy (non-hydrogen) atoms. The van der Waals surface area contributed by atoms with E-state index in [2.05, 4.69) is 10.6 Å². The molecule has 0 aromatic heterocycles. The van der Waals surface area contributed by atoms with Gasteiger partial charge in [0.15, 0.2) is 6.61 Å². The molecule has 0 saturated heterocycles. The van der Waals surface area contributed by atoms with Gasteiger partial charge >= 0.3 is 0 Å². The van der Waals surface area contributed by atoms with Crippen LogP contribution in [0.1, 0.15) is 5.56 Å². The first-order valence-corrected chi connectivity index (χ1v) is 6.84. The Morgan fingerprint density at radius 1 is 1.33 bits per heavy atom. The van der Waals surface area contributed by atoms with E-state index in [1.165, 1.54) is 0 Å². The summed E-state index contributed by atoms with van der Waals surface area (Å²) < 4.78 is 5.31. The highest BCUT2D eigenvalue weighted by atomic mass is 35.5. The van der Waals surface area contributed by atoms with E-state index in [9.17, 15) is 4.79 Å². The van der Waals surface area contributed by atoms with Crippen molar-refractivity contribution in [3.63, 3.8) is 0 Å². The number of anilines is 3. The van der Waals surface area contributed by atoms with Gasteiger partial charge in [0.2, 0.25) is 0 Å². The van der Waals surface area contributed by atoms with Crippen LogP contribution in [-0.4, -0.2) is 12.5 Å². The molecule has 1 heterocycles. The summed E-state index contributed by atoms with van der Waals surface area (Å²) in [6.07, 6.45) is 0. The molecule has 0 unspecified atom stereocenters. The van der Waals surface area contributed by atoms with Crippen LogP contribution in [-0.2, 0) is 11.3 Å². The molecule has 0 spiro atoms. The number of carbonyl (C=O) groups is 1. The van der Waals surface area contributed by atoms with E-state index in [0.29, 0.717) is 28.7 Å². The highest BCUT2D eigenvalue weighted by molar-refractivity contribution is 6.30. The quantitative estimate of drug-likeness (QED) is 0.762. The van der Waals surface area contributed by atoms with Crippen LogP contribution in [0, 0.1) is 0 Å². The number of nitrogens with one attached hydrogen (secondary N) is 2. The Morgan fingerprint density at radius 3 is 3.00 bits per heavy atom. The second-order valence-corrected chi connectivity index (χ2v) is 5.19. The number of fused-ring (bicyclic) bond motifs is 1. The maximum absolute atomic E-state index is 11.3. The van der Waals surface area contributed by atoms with Crippen molar-refractivity contribution in [2.75, 3.05) is 23.0 Å². The fraction of sp³-hybridized carbons (Fsp3) is 0.133. The molecule has 0 fully saturated rings. The van der Waals surface area contributed by atoms with E-state index in [1.54, 1.807) is 12.1 Å². The van der Waals surface area contributed by atoms with E-state index in [0.717, 1.165) is 11.3 Å². The molecule has 4 N–H and O–H groups in total. The third-order valence-electron chi connectivity index (χ3n) is 3.16. The van der Waals surface area contributed by atoms with Gasteiger partial charge in [0.1, 0.15) is 5.75 Å². The predicted molar refractivity (Wildman–Crippen MR) is 83.8 cm³/mol. The minimum atomic E-state index is -0.173. The van der Waals surface area contributed by atoms with Gasteiger partial charge in [-0.3, -0.25) is 4.79 Å². The van der Waals surface area contributed by atoms with Crippen LogP contribution in [0.3, 0.4) is 0 Å². The molecule has 5 nitrogen and oxygen atoms in total. The Balaban J connectivity index is 1.79. The third-order valence-corrected chi connectivity index (χ3v) is 3.39. The van der Waals surface area contributed by atoms with Gasteiger partial charge in [-0.15, -0.1) is 0 Å². The maximum Gasteiger partial charge on any atom is 0.262 e. The fourth-order valence-corrected chi connectivity index (χ4v) is 2.35. The number of carbonyl (C=O) groups excluding carboxylic acids is 1. The topological polar surface area (TPSA) is 76.4 Å². The molecule has 1 aliphatic rings. The summed E-state index contributed by atoms with van der Waals surface area (Å²) in [4.78, 5) is 11.3. The predicted octanol–water partition coefficient (Wildman–Crippen LogP) is 2.87. The van der Waals surface area contributed by atoms with Crippen LogP contribution >= 0.6 is 11.6 Å². The van der Waals surface area contributed by atoms with E-state index in [4.69, 9.17) is 22.1 Å². The van der Waals surface area contributed by atoms with Gasteiger partial charge in [0.05, 0.1) is 17.1 Å². The number of nitrogens with two attached hydrogens (primary N) is 1. The molecule has 3 rings (SSSR count). The average Bonchev–Trinajstić information content (AvgIpc) is 2.45. The van der Waals surface area contributed by atoms with E-state index < -0.39 is 0 Å². The largest absolute Gasteiger partial charge is 0.482 e. The Kier molecular flexibility index (Phi) is 3.58. The smallest absolute Gasteiger partial charge is 0.262 e. The van der Waals surface area contributed by atoms with Gasteiger partial charge in [0, 0.05) is 17.6 Å². The van der Waals surface area contributed by atoms with Gasteiger partial charge < -0.3 is 21.1 Å². The highest BCUT2D eigenvalue weighted by Crippen LogP contribution is 2.35. The molecule has 2 aromatic rings. The molecule has 0 aliphatic carbocycles. The summed E-state index contributed by atoms with van der Waals surface area (Å²) in [5.74, 6) is 0.411. The zero-order chi connectivity index (χ0) is 14.8. The zero-order valence-electron chi connectivity index (χ0n) is 11.2. The van der Waals surface area contributed by atoms with Crippen molar-refractivity contribution < 1.29 is 9.53 Å². The standard InChI is InChI=1S/C15H14ClN3O2/c16-10-3-1-2-9(4-10)7-18-12-6-13-14(5-11(12)17)21-8-15(20)19-13/h1-6,18H,7-8,17H2,(H,19,20). The van der Waals surface area contributed by atoms with Crippen LogP contribution in [0.25, 0.3) is 0 Å². The van der Waals surface area contributed by atoms with Crippen molar-refractivity contribution in [1.82, 2.24) is 0 Å². The summed E-state index contributed by atoms with van der Waals surface area (Å²) in [6, 6.07) is 11.0. The number of nitrogen functional groups attached to an aromatic ring is 1. The Labute approximate surface area is 127 Å². The monoisotopic (exact) mass is 303 g/mol. The molecule has 1 amide bonds. The number of ether oxygens (including phenoxy) is 1. The van der Waals surface area contributed by atoms with Crippen LogP contribution in [0.15, 0.2) is 36.4 Å². The minimum absolute atomic E-state index is 0.0156. The normalized spacial score (nSPS) is 13.1. The van der Waals surface area contributed by atoms with Crippen molar-refractivity contribution in [2.45, 2.75) is 6.54 Å². The number of halogens is 1. The second kappa shape index (κ2) is 5.54. The molecule has 6 heteroatoms. The van der Waals surface area contributed by atoms with Gasteiger partial charge in [-0.05, 0) is 23.8 Å². The van der Waals surface area contributed by atoms with E-state index in [1.807, 2.05) is 24.3 Å². The summed E-state index contributed by atoms with van der Waals surface area (Å²) in [5, 5.41) is 6.67. The first-order valence-electron chi connectivity index (χ1n) is 6.46. The van der Waals surface area contributed by atoms with Gasteiger partial charge in [-0.2, -0.15) is 0 Å². The lowest BCUT2D eigenvalue weighted by molar-refractivity contribution is -0.118. The summed E-state index contributed by atoms with van der Waals surface area (Å²) in [5.41, 5.74) is 8.95. The first-order chi connectivity index (χ1) is 10.1. The first kappa shape index (κ1) is 13.6. The lowest BCUT2D eigenvalue weighted by Gasteiger charge is -2.20. The van der Waals surface area contributed by atoms with Crippen LogP contribution in [0.5, 0.6) is 5.75 Å². The molecule has 2 aromatic carbocycles. The molecular formula is C15H14ClN3O2. The summed E-state index contributed by atoms with van der Waals surface area (Å²) in [7, 11) is 0. The molecule has 0 bridgehead atoms. The molecule has 0 atom stereocenters. The number of hydrogen-bond donors (Lipinski definition) is 3. The zero-order valence-corrected chi connectivity index (χ0v) is 11.9. The lowest BCUT2D eigenvalue weighted by atomic mass is 10.2. The average molecular weight is 304 g/mol. The highest BCUT2D eigenvalue weighted by Gasteiger charge is 2.17. The van der Waals surface area contributed by atoms with E-state index in [-0.39, 0.29) is 12.5 Å². The van der Waals surface area contributed by atoms with Crippen molar-refractivity contribution in [2.24, 2.45) is 0 Å². The number of benzene rings is 2. The molecule has 0 saturated carbocycles. The summed E-state index contributed by atoms with van der Waals surface area (Å²) >= 11 is 5.95. The van der Waals surface area contributed by atoms with Gasteiger partial charge in [0.25, 0.3) is 5.91 Å². The number of rotatable bonds is 3. The van der Waals surface area contributed by atoms with Crippen LogP contribution in [0.2, 0.25) is 5.02 Å². The van der Waals surface area contributed by atoms with Crippen molar-refractivity contribution >= 4 is 34.6 Å². The second-order valence-electron chi connectivity index (χ2n) is 4.76. The summed E-state index contributed by atoms with van der Waals surface area (Å²) in [6.45, 7) is 0.597. The maximum atomic E-state index is 11.3. The van der Waals surface area contributed by atoms with E-state index >= 15 is 0 Å². The minimum Gasteiger partial charge on any atom is -0.482 e. The molecule has 1 aliphatic heterocycles. The van der Waals surface area contributed by atoms with Crippen LogP contribution in [0.4, 0.5) is 17.1 Å². The Morgan fingerprint density at radius 2 is 2.19 bits per heavy atom. The van der Waals surface area contributed by atoms with Crippen molar-refractivity contribution in [3.8, 4) is 5.75 Å². The Hall–Kier alpha value is -2.40. The van der Waals surface area contributed by atoms with Gasteiger partial charge in [-0.25, -0.2) is 0 Å². The van der Waals surface area contributed by atoms with Gasteiger partial charge in [-0.1, -0.05) is 23.7 Å². The lowest BCUT2D eigenvalue weighted by Crippen LogP contribution is -2.25. The number of amides is 1. The fourth-order valence-electron chi connectivity index (χ4n) is 2.14. The molecule has 108 valence electrons. The SMILES string of the molecule is Nc1cc2c(cc1NCc1cccc(Cl)c1)NC(=O)CO2. The van der Waals surface area contributed by atoms with Crippen molar-refractivity contribution in [1.29, 1.82) is 0 Å². The van der Waals surface area contributed by atoms with Crippen molar-refractivity contribution in [3.05, 3.63) is 47.0 Å². The third kappa shape index (κ3) is 3.03. The van der Waals surface area contributed by atoms with Crippen LogP contribution < -0.4 is 21.1 Å². The molecule has 0 radical (unpaired) electrons. The Bertz CT molecular complexity index is 703. The number of hydrogen-bond acceptors (Lipinski definition) is 4.